The molecule has 1 heterocycles. The lowest BCUT2D eigenvalue weighted by Crippen LogP contribution is -2.44. The van der Waals surface area contributed by atoms with Crippen LogP contribution in [0.25, 0.3) is 0 Å². The first kappa shape index (κ1) is 12.2. The van der Waals surface area contributed by atoms with Crippen LogP contribution >= 0.6 is 0 Å². The Bertz CT molecular complexity index is 240. The lowest BCUT2D eigenvalue weighted by molar-refractivity contribution is -0.151. The van der Waals surface area contributed by atoms with Gasteiger partial charge in [-0.3, -0.25) is 14.5 Å². The number of unbranched alkanes of at least 4 members (excludes halogenated alkanes) is 1. The molecule has 1 saturated heterocycles. The fourth-order valence-corrected chi connectivity index (χ4v) is 1.85. The molecule has 1 atom stereocenters. The van der Waals surface area contributed by atoms with Gasteiger partial charge in [0, 0.05) is 0 Å². The first-order valence-electron chi connectivity index (χ1n) is 5.52. The first-order valence-corrected chi connectivity index (χ1v) is 5.52. The summed E-state index contributed by atoms with van der Waals surface area (Å²) in [6.45, 7) is 4.31. The predicted octanol–water partition coefficient (Wildman–Crippen LogP) is 0.851. The van der Waals surface area contributed by atoms with E-state index < -0.39 is 5.92 Å². The number of nitrogens with zero attached hydrogens (tertiary/aromatic N) is 1. The smallest absolute Gasteiger partial charge is 0.316 e. The van der Waals surface area contributed by atoms with Gasteiger partial charge in [-0.15, -0.1) is 0 Å². The Kier molecular flexibility index (Phi) is 4.75. The number of likely N-dealkylation sites (tertiary alicyclic amines) is 1. The number of carbonyl (C=O) groups is 2. The van der Waals surface area contributed by atoms with Gasteiger partial charge >= 0.3 is 5.97 Å². The number of carbonyl (C=O) groups excluding carboxylic acids is 2. The van der Waals surface area contributed by atoms with E-state index in [0.29, 0.717) is 13.0 Å². The molecule has 0 radical (unpaired) electrons. The molecule has 1 unspecified atom stereocenters. The molecule has 0 N–H and O–H groups in total. The van der Waals surface area contributed by atoms with E-state index in [0.717, 1.165) is 25.9 Å². The number of Topliss-reactive ketones (excluding diaryl/α,β-unsaturated/α-hetero) is 1. The third-order valence-corrected chi connectivity index (χ3v) is 2.82. The maximum atomic E-state index is 11.6. The SMILES string of the molecule is CCCCN1CCC(C(=O)OC)C(=O)C1. The molecule has 0 amide bonds. The Morgan fingerprint density at radius 3 is 2.87 bits per heavy atom. The van der Waals surface area contributed by atoms with Crippen molar-refractivity contribution in [2.45, 2.75) is 26.2 Å². The Morgan fingerprint density at radius 2 is 2.33 bits per heavy atom. The highest BCUT2D eigenvalue weighted by Crippen LogP contribution is 2.15. The normalized spacial score (nSPS) is 22.8. The van der Waals surface area contributed by atoms with Crippen LogP contribution in [0, 0.1) is 5.92 Å². The zero-order chi connectivity index (χ0) is 11.3. The fraction of sp³-hybridized carbons (Fsp3) is 0.818. The van der Waals surface area contributed by atoms with Crippen molar-refractivity contribution >= 4 is 11.8 Å². The number of hydrogen-bond acceptors (Lipinski definition) is 4. The lowest BCUT2D eigenvalue weighted by Gasteiger charge is -2.29. The number of rotatable bonds is 4. The standard InChI is InChI=1S/C11H19NO3/c1-3-4-6-12-7-5-9(10(13)8-12)11(14)15-2/h9H,3-8H2,1-2H3. The van der Waals surface area contributed by atoms with Gasteiger partial charge in [0.15, 0.2) is 5.78 Å². The second-order valence-electron chi connectivity index (χ2n) is 3.96. The summed E-state index contributed by atoms with van der Waals surface area (Å²) in [6, 6.07) is 0. The summed E-state index contributed by atoms with van der Waals surface area (Å²) >= 11 is 0. The molecule has 1 aliphatic heterocycles. The van der Waals surface area contributed by atoms with Crippen molar-refractivity contribution in [2.75, 3.05) is 26.7 Å². The summed E-state index contributed by atoms with van der Waals surface area (Å²) in [5, 5.41) is 0. The van der Waals surface area contributed by atoms with E-state index in [2.05, 4.69) is 16.6 Å². The van der Waals surface area contributed by atoms with Crippen LogP contribution in [0.15, 0.2) is 0 Å². The first-order chi connectivity index (χ1) is 7.19. The average molecular weight is 213 g/mol. The number of esters is 1. The molecule has 1 rings (SSSR count). The molecule has 15 heavy (non-hydrogen) atoms. The number of hydrogen-bond donors (Lipinski definition) is 0. The number of ketones is 1. The Labute approximate surface area is 90.6 Å². The van der Waals surface area contributed by atoms with Gasteiger partial charge in [0.05, 0.1) is 13.7 Å². The van der Waals surface area contributed by atoms with Crippen LogP contribution in [-0.4, -0.2) is 43.4 Å². The number of ether oxygens (including phenoxy) is 1. The molecule has 0 aromatic rings. The van der Waals surface area contributed by atoms with Gasteiger partial charge in [0.1, 0.15) is 5.92 Å². The Morgan fingerprint density at radius 1 is 1.60 bits per heavy atom. The summed E-state index contributed by atoms with van der Waals surface area (Å²) in [7, 11) is 1.33. The highest BCUT2D eigenvalue weighted by atomic mass is 16.5. The monoisotopic (exact) mass is 213 g/mol. The molecule has 1 aliphatic rings. The van der Waals surface area contributed by atoms with Crippen LogP contribution in [0.5, 0.6) is 0 Å². The minimum absolute atomic E-state index is 0.00389. The van der Waals surface area contributed by atoms with Gasteiger partial charge in [-0.2, -0.15) is 0 Å². The maximum Gasteiger partial charge on any atom is 0.316 e. The van der Waals surface area contributed by atoms with Crippen molar-refractivity contribution < 1.29 is 14.3 Å². The van der Waals surface area contributed by atoms with E-state index in [1.165, 1.54) is 7.11 Å². The second kappa shape index (κ2) is 5.85. The van der Waals surface area contributed by atoms with Crippen LogP contribution in [0.3, 0.4) is 0 Å². The molecular weight excluding hydrogens is 194 g/mol. The van der Waals surface area contributed by atoms with Crippen molar-refractivity contribution in [1.29, 1.82) is 0 Å². The summed E-state index contributed by atoms with van der Waals surface area (Å²) < 4.78 is 4.60. The van der Waals surface area contributed by atoms with Gasteiger partial charge in [-0.25, -0.2) is 0 Å². The lowest BCUT2D eigenvalue weighted by atomic mass is 9.95. The van der Waals surface area contributed by atoms with Crippen LogP contribution in [0.2, 0.25) is 0 Å². The zero-order valence-corrected chi connectivity index (χ0v) is 9.49. The van der Waals surface area contributed by atoms with Gasteiger partial charge in [0.2, 0.25) is 0 Å². The molecule has 4 nitrogen and oxygen atoms in total. The topological polar surface area (TPSA) is 46.6 Å². The summed E-state index contributed by atoms with van der Waals surface area (Å²) in [4.78, 5) is 25.0. The van der Waals surface area contributed by atoms with Gasteiger partial charge in [0.25, 0.3) is 0 Å². The third kappa shape index (κ3) is 3.30. The van der Waals surface area contributed by atoms with E-state index in [9.17, 15) is 9.59 Å². The quantitative estimate of drug-likeness (QED) is 0.513. The molecular formula is C11H19NO3. The average Bonchev–Trinajstić information content (AvgIpc) is 2.25. The van der Waals surface area contributed by atoms with Crippen LogP contribution in [-0.2, 0) is 14.3 Å². The molecule has 0 aliphatic carbocycles. The van der Waals surface area contributed by atoms with Crippen molar-refractivity contribution in [3.63, 3.8) is 0 Å². The molecule has 0 spiro atoms. The maximum absolute atomic E-state index is 11.6. The summed E-state index contributed by atoms with van der Waals surface area (Å²) in [5.74, 6) is -0.896. The molecule has 0 saturated carbocycles. The fourth-order valence-electron chi connectivity index (χ4n) is 1.85. The van der Waals surface area contributed by atoms with Crippen LogP contribution < -0.4 is 0 Å². The van der Waals surface area contributed by atoms with Crippen molar-refractivity contribution in [2.24, 2.45) is 5.92 Å². The molecule has 0 aromatic heterocycles. The third-order valence-electron chi connectivity index (χ3n) is 2.82. The van der Waals surface area contributed by atoms with E-state index in [4.69, 9.17) is 0 Å². The summed E-state index contributed by atoms with van der Waals surface area (Å²) in [6.07, 6.45) is 2.84. The number of methoxy groups -OCH3 is 1. The van der Waals surface area contributed by atoms with Gasteiger partial charge < -0.3 is 4.74 Å². The van der Waals surface area contributed by atoms with Crippen LogP contribution in [0.1, 0.15) is 26.2 Å². The largest absolute Gasteiger partial charge is 0.468 e. The molecule has 4 heteroatoms. The minimum Gasteiger partial charge on any atom is -0.468 e. The minimum atomic E-state index is -0.520. The van der Waals surface area contributed by atoms with Crippen molar-refractivity contribution in [3.05, 3.63) is 0 Å². The van der Waals surface area contributed by atoms with Crippen molar-refractivity contribution in [3.8, 4) is 0 Å². The predicted molar refractivity (Wildman–Crippen MR) is 56.5 cm³/mol. The molecule has 0 aromatic carbocycles. The van der Waals surface area contributed by atoms with Gasteiger partial charge in [-0.1, -0.05) is 13.3 Å². The number of piperidine rings is 1. The second-order valence-corrected chi connectivity index (χ2v) is 3.96. The highest BCUT2D eigenvalue weighted by Gasteiger charge is 2.32. The van der Waals surface area contributed by atoms with E-state index in [-0.39, 0.29) is 11.8 Å². The summed E-state index contributed by atoms with van der Waals surface area (Å²) in [5.41, 5.74) is 0. The van der Waals surface area contributed by atoms with Crippen molar-refractivity contribution in [1.82, 2.24) is 4.90 Å². The molecule has 1 fully saturated rings. The van der Waals surface area contributed by atoms with E-state index in [1.807, 2.05) is 0 Å². The zero-order valence-electron chi connectivity index (χ0n) is 9.49. The van der Waals surface area contributed by atoms with E-state index in [1.54, 1.807) is 0 Å². The Hall–Kier alpha value is -0.900. The molecule has 0 bridgehead atoms. The Balaban J connectivity index is 2.41. The highest BCUT2D eigenvalue weighted by molar-refractivity contribution is 6.00. The van der Waals surface area contributed by atoms with E-state index >= 15 is 0 Å². The van der Waals surface area contributed by atoms with Gasteiger partial charge in [-0.05, 0) is 25.9 Å². The van der Waals surface area contributed by atoms with Crippen LogP contribution in [0.4, 0.5) is 0 Å². The molecule has 86 valence electrons.